The molecule has 18 heavy (non-hydrogen) atoms. The monoisotopic (exact) mass is 256 g/mol. The van der Waals surface area contributed by atoms with Crippen molar-refractivity contribution in [2.45, 2.75) is 40.2 Å². The van der Waals surface area contributed by atoms with E-state index in [-0.39, 0.29) is 11.3 Å². The van der Waals surface area contributed by atoms with Crippen LogP contribution in [0.15, 0.2) is 0 Å². The molecule has 0 bridgehead atoms. The van der Waals surface area contributed by atoms with Gasteiger partial charge in [-0.05, 0) is 6.42 Å². The first-order valence-electron chi connectivity index (χ1n) is 6.53. The highest BCUT2D eigenvalue weighted by atomic mass is 16.4. The number of aliphatic carboxylic acids is 1. The lowest BCUT2D eigenvalue weighted by Gasteiger charge is -2.39. The van der Waals surface area contributed by atoms with Gasteiger partial charge in [0.15, 0.2) is 0 Å². The Morgan fingerprint density at radius 1 is 1.17 bits per heavy atom. The van der Waals surface area contributed by atoms with Crippen molar-refractivity contribution in [1.29, 1.82) is 0 Å². The highest BCUT2D eigenvalue weighted by Crippen LogP contribution is 2.19. The minimum atomic E-state index is -0.770. The first-order chi connectivity index (χ1) is 8.27. The smallest absolute Gasteiger partial charge is 0.320 e. The van der Waals surface area contributed by atoms with Crippen LogP contribution < -0.4 is 0 Å². The third kappa shape index (κ3) is 3.45. The van der Waals surface area contributed by atoms with Gasteiger partial charge in [0.2, 0.25) is 5.91 Å². The summed E-state index contributed by atoms with van der Waals surface area (Å²) >= 11 is 0. The topological polar surface area (TPSA) is 60.9 Å². The summed E-state index contributed by atoms with van der Waals surface area (Å²) in [5.74, 6) is -0.626. The second kappa shape index (κ2) is 5.69. The van der Waals surface area contributed by atoms with Crippen LogP contribution in [-0.4, -0.2) is 59.0 Å². The van der Waals surface area contributed by atoms with E-state index in [1.807, 2.05) is 37.5 Å². The summed E-state index contributed by atoms with van der Waals surface area (Å²) < 4.78 is 0. The van der Waals surface area contributed by atoms with Crippen molar-refractivity contribution in [2.75, 3.05) is 26.2 Å². The lowest BCUT2D eigenvalue weighted by atomic mass is 9.94. The Labute approximate surface area is 109 Å². The van der Waals surface area contributed by atoms with Crippen molar-refractivity contribution in [3.05, 3.63) is 0 Å². The summed E-state index contributed by atoms with van der Waals surface area (Å²) in [6, 6.07) is -0.420. The molecule has 5 heteroatoms. The first kappa shape index (κ1) is 15.0. The fourth-order valence-electron chi connectivity index (χ4n) is 2.30. The summed E-state index contributed by atoms with van der Waals surface area (Å²) in [5, 5.41) is 9.11. The van der Waals surface area contributed by atoms with E-state index in [2.05, 4.69) is 0 Å². The number of carboxylic acid groups (broad SMARTS) is 1. The minimum absolute atomic E-state index is 0.144. The third-order valence-electron chi connectivity index (χ3n) is 3.36. The number of hydrogen-bond acceptors (Lipinski definition) is 3. The minimum Gasteiger partial charge on any atom is -0.480 e. The highest BCUT2D eigenvalue weighted by molar-refractivity contribution is 5.81. The Morgan fingerprint density at radius 2 is 1.67 bits per heavy atom. The van der Waals surface area contributed by atoms with Crippen LogP contribution in [0.4, 0.5) is 0 Å². The molecule has 1 fully saturated rings. The van der Waals surface area contributed by atoms with Crippen LogP contribution in [0.3, 0.4) is 0 Å². The fraction of sp³-hybridized carbons (Fsp3) is 0.846. The van der Waals surface area contributed by atoms with Crippen molar-refractivity contribution in [1.82, 2.24) is 9.80 Å². The molecule has 1 amide bonds. The molecule has 1 rings (SSSR count). The van der Waals surface area contributed by atoms with Gasteiger partial charge in [0.05, 0.1) is 0 Å². The number of carbonyl (C=O) groups excluding carboxylic acids is 1. The number of piperazine rings is 1. The quantitative estimate of drug-likeness (QED) is 0.819. The fourth-order valence-corrected chi connectivity index (χ4v) is 2.30. The van der Waals surface area contributed by atoms with Crippen LogP contribution in [-0.2, 0) is 9.59 Å². The summed E-state index contributed by atoms with van der Waals surface area (Å²) in [4.78, 5) is 27.0. The lowest BCUT2D eigenvalue weighted by molar-refractivity contribution is -0.146. The summed E-state index contributed by atoms with van der Waals surface area (Å²) in [7, 11) is 0. The molecule has 0 radical (unpaired) electrons. The van der Waals surface area contributed by atoms with E-state index < -0.39 is 12.0 Å². The molecule has 1 heterocycles. The van der Waals surface area contributed by atoms with E-state index >= 15 is 0 Å². The number of hydrogen-bond donors (Lipinski definition) is 1. The Balaban J connectivity index is 2.56. The predicted molar refractivity (Wildman–Crippen MR) is 69.3 cm³/mol. The maximum Gasteiger partial charge on any atom is 0.320 e. The van der Waals surface area contributed by atoms with E-state index in [4.69, 9.17) is 5.11 Å². The molecule has 0 aromatic heterocycles. The van der Waals surface area contributed by atoms with Gasteiger partial charge in [0.1, 0.15) is 6.04 Å². The maximum atomic E-state index is 12.1. The van der Waals surface area contributed by atoms with Crippen LogP contribution >= 0.6 is 0 Å². The van der Waals surface area contributed by atoms with Gasteiger partial charge in [0, 0.05) is 31.6 Å². The molecule has 1 aliphatic heterocycles. The van der Waals surface area contributed by atoms with E-state index in [9.17, 15) is 9.59 Å². The summed E-state index contributed by atoms with van der Waals surface area (Å²) in [6.07, 6.45) is 0.600. The molecule has 0 aromatic carbocycles. The second-order valence-electron chi connectivity index (χ2n) is 5.84. The van der Waals surface area contributed by atoms with Crippen LogP contribution in [0, 0.1) is 5.41 Å². The molecule has 1 aliphatic rings. The van der Waals surface area contributed by atoms with E-state index in [1.54, 1.807) is 0 Å². The molecule has 0 aliphatic carbocycles. The number of carboxylic acids is 1. The van der Waals surface area contributed by atoms with Gasteiger partial charge in [-0.1, -0.05) is 27.7 Å². The highest BCUT2D eigenvalue weighted by Gasteiger charge is 2.32. The van der Waals surface area contributed by atoms with E-state index in [0.29, 0.717) is 32.6 Å². The molecule has 0 saturated carbocycles. The van der Waals surface area contributed by atoms with Crippen LogP contribution in [0.5, 0.6) is 0 Å². The first-order valence-corrected chi connectivity index (χ1v) is 6.53. The zero-order valence-corrected chi connectivity index (χ0v) is 11.8. The third-order valence-corrected chi connectivity index (χ3v) is 3.36. The average Bonchev–Trinajstić information content (AvgIpc) is 2.28. The maximum absolute atomic E-state index is 12.1. The Morgan fingerprint density at radius 3 is 2.00 bits per heavy atom. The normalized spacial score (nSPS) is 19.7. The van der Waals surface area contributed by atoms with Crippen molar-refractivity contribution in [2.24, 2.45) is 5.41 Å². The molecule has 0 spiro atoms. The molecule has 0 aromatic rings. The molecular weight excluding hydrogens is 232 g/mol. The second-order valence-corrected chi connectivity index (χ2v) is 5.84. The molecule has 5 nitrogen and oxygen atoms in total. The molecule has 1 unspecified atom stereocenters. The number of rotatable bonds is 3. The van der Waals surface area contributed by atoms with Gasteiger partial charge in [0.25, 0.3) is 0 Å². The van der Waals surface area contributed by atoms with E-state index in [0.717, 1.165) is 0 Å². The van der Waals surface area contributed by atoms with Gasteiger partial charge in [-0.25, -0.2) is 0 Å². The van der Waals surface area contributed by atoms with Gasteiger partial charge < -0.3 is 10.0 Å². The Hall–Kier alpha value is -1.10. The average molecular weight is 256 g/mol. The lowest BCUT2D eigenvalue weighted by Crippen LogP contribution is -2.55. The predicted octanol–water partition coefficient (Wildman–Crippen LogP) is 1.04. The molecule has 104 valence electrons. The molecule has 1 N–H and O–H groups in total. The molecule has 1 saturated heterocycles. The SMILES string of the molecule is CCC(C(=O)O)N1CCN(C(=O)C(C)(C)C)CC1. The number of amides is 1. The van der Waals surface area contributed by atoms with Gasteiger partial charge in [-0.2, -0.15) is 0 Å². The van der Waals surface area contributed by atoms with Gasteiger partial charge in [-0.15, -0.1) is 0 Å². The standard InChI is InChI=1S/C13H24N2O3/c1-5-10(11(16)17)14-6-8-15(9-7-14)12(18)13(2,3)4/h10H,5-9H2,1-4H3,(H,16,17). The van der Waals surface area contributed by atoms with Crippen LogP contribution in [0.1, 0.15) is 34.1 Å². The van der Waals surface area contributed by atoms with Crippen LogP contribution in [0.2, 0.25) is 0 Å². The zero-order chi connectivity index (χ0) is 13.9. The van der Waals surface area contributed by atoms with E-state index in [1.165, 1.54) is 0 Å². The van der Waals surface area contributed by atoms with Gasteiger partial charge in [-0.3, -0.25) is 14.5 Å². The van der Waals surface area contributed by atoms with Crippen molar-refractivity contribution in [3.8, 4) is 0 Å². The van der Waals surface area contributed by atoms with Gasteiger partial charge >= 0.3 is 5.97 Å². The van der Waals surface area contributed by atoms with Crippen molar-refractivity contribution in [3.63, 3.8) is 0 Å². The largest absolute Gasteiger partial charge is 0.480 e. The van der Waals surface area contributed by atoms with Crippen molar-refractivity contribution < 1.29 is 14.7 Å². The zero-order valence-electron chi connectivity index (χ0n) is 11.8. The van der Waals surface area contributed by atoms with Crippen molar-refractivity contribution >= 4 is 11.9 Å². The number of carbonyl (C=O) groups is 2. The molecule has 1 atom stereocenters. The summed E-state index contributed by atoms with van der Waals surface area (Å²) in [5.41, 5.74) is -0.362. The Bertz CT molecular complexity index is 315. The van der Waals surface area contributed by atoms with Crippen LogP contribution in [0.25, 0.3) is 0 Å². The summed E-state index contributed by atoms with van der Waals surface area (Å²) in [6.45, 7) is 10.2. The number of nitrogens with zero attached hydrogens (tertiary/aromatic N) is 2. The molecular formula is C13H24N2O3. The Kier molecular flexibility index (Phi) is 4.73.